The summed E-state index contributed by atoms with van der Waals surface area (Å²) in [5.41, 5.74) is 3.28. The minimum atomic E-state index is -1.00. The Morgan fingerprint density at radius 2 is 1.53 bits per heavy atom. The number of aliphatic hydroxyl groups is 1. The molecule has 0 saturated carbocycles. The van der Waals surface area contributed by atoms with Gasteiger partial charge in [-0.2, -0.15) is 0 Å². The Morgan fingerprint density at radius 3 is 2.23 bits per heavy atom. The van der Waals surface area contributed by atoms with E-state index in [1.165, 1.54) is 0 Å². The van der Waals surface area contributed by atoms with Crippen LogP contribution in [0.15, 0.2) is 78.9 Å². The van der Waals surface area contributed by atoms with E-state index >= 15 is 0 Å². The summed E-state index contributed by atoms with van der Waals surface area (Å²) in [5.74, 6) is -0.0697. The van der Waals surface area contributed by atoms with Gasteiger partial charge in [-0.3, -0.25) is 14.5 Å². The molecule has 5 nitrogen and oxygen atoms in total. The van der Waals surface area contributed by atoms with E-state index in [2.05, 4.69) is 0 Å². The molecule has 2 amide bonds. The molecule has 1 aliphatic heterocycles. The minimum Gasteiger partial charge on any atom is -0.489 e. The first-order valence-corrected chi connectivity index (χ1v) is 9.77. The SMILES string of the molecule is O=C1c2ccccc2C(=O)N1[C@H]1C=Cc2cc(OCc3ccccc3)ccc2[C@@H]1O. The molecule has 2 atom stereocenters. The fourth-order valence-electron chi connectivity index (χ4n) is 3.99. The lowest BCUT2D eigenvalue weighted by atomic mass is 9.90. The number of nitrogens with zero attached hydrogens (tertiary/aromatic N) is 1. The number of hydrogen-bond acceptors (Lipinski definition) is 4. The van der Waals surface area contributed by atoms with Crippen LogP contribution >= 0.6 is 0 Å². The van der Waals surface area contributed by atoms with E-state index in [0.717, 1.165) is 16.0 Å². The van der Waals surface area contributed by atoms with Gasteiger partial charge in [0.1, 0.15) is 18.5 Å². The van der Waals surface area contributed by atoms with Gasteiger partial charge in [0.15, 0.2) is 0 Å². The van der Waals surface area contributed by atoms with Crippen molar-refractivity contribution in [2.75, 3.05) is 0 Å². The molecule has 5 rings (SSSR count). The number of benzene rings is 3. The summed E-state index contributed by atoms with van der Waals surface area (Å²) in [5, 5.41) is 11.0. The lowest BCUT2D eigenvalue weighted by Gasteiger charge is -2.31. The van der Waals surface area contributed by atoms with Gasteiger partial charge >= 0.3 is 0 Å². The van der Waals surface area contributed by atoms with Crippen LogP contribution in [0.1, 0.15) is 43.5 Å². The van der Waals surface area contributed by atoms with Gasteiger partial charge in [0.2, 0.25) is 0 Å². The smallest absolute Gasteiger partial charge is 0.262 e. The Balaban J connectivity index is 1.38. The average molecular weight is 397 g/mol. The van der Waals surface area contributed by atoms with Crippen LogP contribution in [0.2, 0.25) is 0 Å². The lowest BCUT2D eigenvalue weighted by molar-refractivity contribution is 0.0426. The molecule has 0 aromatic heterocycles. The van der Waals surface area contributed by atoms with Crippen molar-refractivity contribution in [3.63, 3.8) is 0 Å². The number of hydrogen-bond donors (Lipinski definition) is 1. The molecule has 1 heterocycles. The molecule has 2 aliphatic rings. The maximum atomic E-state index is 12.8. The maximum absolute atomic E-state index is 12.8. The number of imide groups is 1. The van der Waals surface area contributed by atoms with Gasteiger partial charge in [-0.15, -0.1) is 0 Å². The van der Waals surface area contributed by atoms with Crippen LogP contribution in [0.25, 0.3) is 6.08 Å². The number of carbonyl (C=O) groups excluding carboxylic acids is 2. The molecule has 5 heteroatoms. The Kier molecular flexibility index (Phi) is 4.45. The highest BCUT2D eigenvalue weighted by Gasteiger charge is 2.42. The van der Waals surface area contributed by atoms with Crippen molar-refractivity contribution in [3.8, 4) is 5.75 Å². The molecule has 0 bridgehead atoms. The van der Waals surface area contributed by atoms with E-state index in [9.17, 15) is 14.7 Å². The third-order valence-electron chi connectivity index (χ3n) is 5.55. The Labute approximate surface area is 173 Å². The molecule has 3 aromatic rings. The normalized spacial score (nSPS) is 19.6. The fourth-order valence-corrected chi connectivity index (χ4v) is 3.99. The van der Waals surface area contributed by atoms with Gasteiger partial charge in [-0.25, -0.2) is 0 Å². The van der Waals surface area contributed by atoms with E-state index in [4.69, 9.17) is 4.74 Å². The topological polar surface area (TPSA) is 66.8 Å². The molecular formula is C25H19NO4. The van der Waals surface area contributed by atoms with E-state index < -0.39 is 12.1 Å². The third-order valence-corrected chi connectivity index (χ3v) is 5.55. The van der Waals surface area contributed by atoms with Crippen molar-refractivity contribution in [2.45, 2.75) is 18.8 Å². The van der Waals surface area contributed by atoms with Gasteiger partial charge in [0, 0.05) is 0 Å². The highest BCUT2D eigenvalue weighted by atomic mass is 16.5. The number of fused-ring (bicyclic) bond motifs is 2. The zero-order valence-corrected chi connectivity index (χ0v) is 16.1. The van der Waals surface area contributed by atoms with Crippen molar-refractivity contribution >= 4 is 17.9 Å². The molecule has 3 aromatic carbocycles. The van der Waals surface area contributed by atoms with E-state index in [1.54, 1.807) is 42.5 Å². The van der Waals surface area contributed by atoms with E-state index in [-0.39, 0.29) is 11.8 Å². The maximum Gasteiger partial charge on any atom is 0.262 e. The van der Waals surface area contributed by atoms with Crippen molar-refractivity contribution in [1.82, 2.24) is 4.90 Å². The molecule has 148 valence electrons. The first-order chi connectivity index (χ1) is 14.6. The van der Waals surface area contributed by atoms with Crippen LogP contribution in [0, 0.1) is 0 Å². The summed E-state index contributed by atoms with van der Waals surface area (Å²) in [4.78, 5) is 26.7. The second kappa shape index (κ2) is 7.28. The summed E-state index contributed by atoms with van der Waals surface area (Å²) >= 11 is 0. The summed E-state index contributed by atoms with van der Waals surface area (Å²) in [7, 11) is 0. The second-order valence-electron chi connectivity index (χ2n) is 7.39. The predicted octanol–water partition coefficient (Wildman–Crippen LogP) is 3.99. The molecule has 1 aliphatic carbocycles. The quantitative estimate of drug-likeness (QED) is 0.676. The van der Waals surface area contributed by atoms with Crippen molar-refractivity contribution in [2.24, 2.45) is 0 Å². The molecule has 0 saturated heterocycles. The third kappa shape index (κ3) is 3.00. The fraction of sp³-hybridized carbons (Fsp3) is 0.120. The van der Waals surface area contributed by atoms with Gasteiger partial charge in [-0.05, 0) is 41.0 Å². The first kappa shape index (κ1) is 18.3. The number of rotatable bonds is 4. The van der Waals surface area contributed by atoms with Gasteiger partial charge in [-0.1, -0.05) is 60.7 Å². The second-order valence-corrected chi connectivity index (χ2v) is 7.39. The van der Waals surface area contributed by atoms with Gasteiger partial charge in [0.05, 0.1) is 17.2 Å². The predicted molar refractivity (Wildman–Crippen MR) is 112 cm³/mol. The standard InChI is InChI=1S/C25H19NO4/c27-23-19-12-11-18(30-15-16-6-2-1-3-7-16)14-17(19)10-13-22(23)26-24(28)20-8-4-5-9-21(20)25(26)29/h1-14,22-23,27H,15H2/t22-,23-/m0/s1. The number of amides is 2. The number of aliphatic hydroxyl groups excluding tert-OH is 1. The molecule has 1 N–H and O–H groups in total. The summed E-state index contributed by atoms with van der Waals surface area (Å²) in [6.45, 7) is 0.448. The van der Waals surface area contributed by atoms with Crippen LogP contribution in [0.5, 0.6) is 5.75 Å². The monoisotopic (exact) mass is 397 g/mol. The summed E-state index contributed by atoms with van der Waals surface area (Å²) in [6.07, 6.45) is 2.52. The molecule has 0 radical (unpaired) electrons. The zero-order valence-electron chi connectivity index (χ0n) is 16.1. The van der Waals surface area contributed by atoms with Gasteiger partial charge in [0.25, 0.3) is 11.8 Å². The Hall–Kier alpha value is -3.70. The largest absolute Gasteiger partial charge is 0.489 e. The minimum absolute atomic E-state index is 0.374. The molecule has 0 fully saturated rings. The van der Waals surface area contributed by atoms with Crippen LogP contribution in [-0.2, 0) is 6.61 Å². The molecule has 0 unspecified atom stereocenters. The van der Waals surface area contributed by atoms with Crippen molar-refractivity contribution in [1.29, 1.82) is 0 Å². The van der Waals surface area contributed by atoms with Gasteiger partial charge < -0.3 is 9.84 Å². The molecular weight excluding hydrogens is 378 g/mol. The summed E-state index contributed by atoms with van der Waals surface area (Å²) in [6, 6.07) is 21.3. The van der Waals surface area contributed by atoms with Crippen LogP contribution in [0.3, 0.4) is 0 Å². The molecule has 30 heavy (non-hydrogen) atoms. The van der Waals surface area contributed by atoms with E-state index in [1.807, 2.05) is 42.5 Å². The number of carbonyl (C=O) groups is 2. The van der Waals surface area contributed by atoms with E-state index in [0.29, 0.717) is 29.0 Å². The van der Waals surface area contributed by atoms with Crippen molar-refractivity contribution in [3.05, 3.63) is 107 Å². The Morgan fingerprint density at radius 1 is 0.867 bits per heavy atom. The number of ether oxygens (including phenoxy) is 1. The van der Waals surface area contributed by atoms with Crippen LogP contribution < -0.4 is 4.74 Å². The summed E-state index contributed by atoms with van der Waals surface area (Å²) < 4.78 is 5.86. The molecule has 0 spiro atoms. The first-order valence-electron chi connectivity index (χ1n) is 9.77. The highest BCUT2D eigenvalue weighted by molar-refractivity contribution is 6.21. The zero-order chi connectivity index (χ0) is 20.7. The van der Waals surface area contributed by atoms with Crippen molar-refractivity contribution < 1.29 is 19.4 Å². The lowest BCUT2D eigenvalue weighted by Crippen LogP contribution is -2.43. The van der Waals surface area contributed by atoms with Crippen LogP contribution in [0.4, 0.5) is 0 Å². The highest BCUT2D eigenvalue weighted by Crippen LogP contribution is 2.36. The average Bonchev–Trinajstić information content (AvgIpc) is 3.04. The Bertz CT molecular complexity index is 1130. The van der Waals surface area contributed by atoms with Crippen LogP contribution in [-0.4, -0.2) is 27.9 Å².